The van der Waals surface area contributed by atoms with Crippen LogP contribution in [0.5, 0.6) is 0 Å². The molecule has 0 bridgehead atoms. The van der Waals surface area contributed by atoms with E-state index in [4.69, 9.17) is 0 Å². The third-order valence-corrected chi connectivity index (χ3v) is 6.03. The summed E-state index contributed by atoms with van der Waals surface area (Å²) in [5, 5.41) is 0. The molecule has 0 amide bonds. The smallest absolute Gasteiger partial charge is 0.0483 e. The summed E-state index contributed by atoms with van der Waals surface area (Å²) in [6.07, 6.45) is 4.94. The Kier molecular flexibility index (Phi) is 5.45. The van der Waals surface area contributed by atoms with Crippen LogP contribution in [0.25, 0.3) is 0 Å². The van der Waals surface area contributed by atoms with Crippen LogP contribution in [0.15, 0.2) is 36.4 Å². The zero-order chi connectivity index (χ0) is 15.5. The van der Waals surface area contributed by atoms with Crippen molar-refractivity contribution in [3.63, 3.8) is 0 Å². The van der Waals surface area contributed by atoms with Gasteiger partial charge in [0.05, 0.1) is 0 Å². The van der Waals surface area contributed by atoms with Gasteiger partial charge in [-0.3, -0.25) is 4.90 Å². The normalized spacial score (nSPS) is 19.3. The molecular weight excluding hydrogens is 270 g/mol. The maximum Gasteiger partial charge on any atom is 0.0483 e. The lowest BCUT2D eigenvalue weighted by molar-refractivity contribution is 0.216. The van der Waals surface area contributed by atoms with Crippen molar-refractivity contribution in [1.82, 2.24) is 4.90 Å². The first-order valence-corrected chi connectivity index (χ1v) is 12.0. The highest BCUT2D eigenvalue weighted by molar-refractivity contribution is 6.76. The lowest BCUT2D eigenvalue weighted by atomic mass is 9.90. The lowest BCUT2D eigenvalue weighted by Gasteiger charge is -2.35. The topological polar surface area (TPSA) is 3.24 Å². The van der Waals surface area contributed by atoms with Crippen LogP contribution in [0, 0.1) is 0 Å². The molecule has 2 heteroatoms. The van der Waals surface area contributed by atoms with E-state index in [-0.39, 0.29) is 0 Å². The summed E-state index contributed by atoms with van der Waals surface area (Å²) in [4.78, 5) is 2.53. The van der Waals surface area contributed by atoms with E-state index in [0.29, 0.717) is 6.04 Å². The van der Waals surface area contributed by atoms with Gasteiger partial charge in [-0.05, 0) is 49.9 Å². The highest BCUT2D eigenvalue weighted by atomic mass is 28.3. The minimum Gasteiger partial charge on any atom is -0.299 e. The fourth-order valence-corrected chi connectivity index (χ4v) is 5.21. The summed E-state index contributed by atoms with van der Waals surface area (Å²) in [6, 6.07) is 10.9. The van der Waals surface area contributed by atoms with Crippen LogP contribution in [-0.2, 0) is 6.42 Å². The SMILES string of the molecule is C=C(CCCC1c2ccccc2CCN1C)C[Si](C)(C)C. The number of hydrogen-bond donors (Lipinski definition) is 0. The summed E-state index contributed by atoms with van der Waals surface area (Å²) in [7, 11) is 1.28. The summed E-state index contributed by atoms with van der Waals surface area (Å²) in [5.41, 5.74) is 4.59. The standard InChI is InChI=1S/C19H31NSi/c1-16(15-21(3,4)5)9-8-12-19-18-11-7-6-10-17(18)13-14-20(19)2/h6-7,10-11,19H,1,8-9,12-15H2,2-5H3. The average Bonchev–Trinajstić information content (AvgIpc) is 2.39. The zero-order valence-electron chi connectivity index (χ0n) is 14.3. The fraction of sp³-hybridized carbons (Fsp3) is 0.579. The molecule has 0 aromatic heterocycles. The van der Waals surface area contributed by atoms with E-state index in [1.807, 2.05) is 0 Å². The van der Waals surface area contributed by atoms with Crippen molar-refractivity contribution < 1.29 is 0 Å². The molecule has 0 saturated heterocycles. The van der Waals surface area contributed by atoms with E-state index in [1.165, 1.54) is 43.8 Å². The van der Waals surface area contributed by atoms with Gasteiger partial charge in [-0.1, -0.05) is 49.5 Å². The monoisotopic (exact) mass is 301 g/mol. The Bertz CT molecular complexity index is 487. The van der Waals surface area contributed by atoms with Gasteiger partial charge in [0.1, 0.15) is 0 Å². The van der Waals surface area contributed by atoms with Crippen LogP contribution in [-0.4, -0.2) is 26.6 Å². The second-order valence-corrected chi connectivity index (χ2v) is 13.3. The number of benzene rings is 1. The molecule has 0 N–H and O–H groups in total. The number of fused-ring (bicyclic) bond motifs is 1. The molecule has 21 heavy (non-hydrogen) atoms. The van der Waals surface area contributed by atoms with Crippen LogP contribution >= 0.6 is 0 Å². The molecule has 1 aromatic carbocycles. The summed E-state index contributed by atoms with van der Waals surface area (Å²) >= 11 is 0. The molecule has 1 unspecified atom stereocenters. The lowest BCUT2D eigenvalue weighted by Crippen LogP contribution is -2.32. The van der Waals surface area contributed by atoms with Crippen LogP contribution < -0.4 is 0 Å². The van der Waals surface area contributed by atoms with Gasteiger partial charge >= 0.3 is 0 Å². The second-order valence-electron chi connectivity index (χ2n) is 7.82. The average molecular weight is 302 g/mol. The van der Waals surface area contributed by atoms with Crippen LogP contribution in [0.3, 0.4) is 0 Å². The summed E-state index contributed by atoms with van der Waals surface area (Å²) < 4.78 is 0. The molecule has 1 aliphatic rings. The molecule has 0 fully saturated rings. The van der Waals surface area contributed by atoms with E-state index in [2.05, 4.69) is 62.4 Å². The van der Waals surface area contributed by atoms with Crippen LogP contribution in [0.2, 0.25) is 25.7 Å². The van der Waals surface area contributed by atoms with E-state index >= 15 is 0 Å². The van der Waals surface area contributed by atoms with Gasteiger partial charge in [0.2, 0.25) is 0 Å². The van der Waals surface area contributed by atoms with Crippen molar-refractivity contribution in [3.8, 4) is 0 Å². The van der Waals surface area contributed by atoms with Crippen molar-refractivity contribution >= 4 is 8.07 Å². The maximum atomic E-state index is 4.31. The van der Waals surface area contributed by atoms with E-state index in [0.717, 1.165) is 0 Å². The number of rotatable bonds is 6. The zero-order valence-corrected chi connectivity index (χ0v) is 15.3. The van der Waals surface area contributed by atoms with E-state index in [1.54, 1.807) is 11.1 Å². The minimum absolute atomic E-state index is 0.606. The highest BCUT2D eigenvalue weighted by Crippen LogP contribution is 2.33. The molecule has 0 saturated carbocycles. The molecule has 1 aromatic rings. The number of hydrogen-bond acceptors (Lipinski definition) is 1. The van der Waals surface area contributed by atoms with Crippen LogP contribution in [0.1, 0.15) is 36.4 Å². The molecular formula is C19H31NSi. The Morgan fingerprint density at radius 3 is 2.71 bits per heavy atom. The summed E-state index contributed by atoms with van der Waals surface area (Å²) in [6.45, 7) is 12.8. The summed E-state index contributed by atoms with van der Waals surface area (Å²) in [5.74, 6) is 0. The molecule has 1 atom stereocenters. The quantitative estimate of drug-likeness (QED) is 0.510. The predicted molar refractivity (Wildman–Crippen MR) is 96.7 cm³/mol. The van der Waals surface area contributed by atoms with Gasteiger partial charge in [-0.2, -0.15) is 0 Å². The first-order chi connectivity index (χ1) is 9.87. The molecule has 0 spiro atoms. The molecule has 1 nitrogen and oxygen atoms in total. The second kappa shape index (κ2) is 6.93. The number of nitrogens with zero attached hydrogens (tertiary/aromatic N) is 1. The Hall–Kier alpha value is -0.863. The first kappa shape index (κ1) is 16.5. The molecule has 1 heterocycles. The largest absolute Gasteiger partial charge is 0.299 e. The molecule has 1 aliphatic heterocycles. The predicted octanol–water partition coefficient (Wildman–Crippen LogP) is 5.28. The van der Waals surface area contributed by atoms with Crippen molar-refractivity contribution in [3.05, 3.63) is 47.5 Å². The maximum absolute atomic E-state index is 4.31. The van der Waals surface area contributed by atoms with Gasteiger partial charge in [0, 0.05) is 20.7 Å². The highest BCUT2D eigenvalue weighted by Gasteiger charge is 2.24. The molecule has 116 valence electrons. The van der Waals surface area contributed by atoms with E-state index in [9.17, 15) is 0 Å². The Morgan fingerprint density at radius 1 is 1.29 bits per heavy atom. The van der Waals surface area contributed by atoms with Crippen molar-refractivity contribution in [2.24, 2.45) is 0 Å². The van der Waals surface area contributed by atoms with Gasteiger partial charge in [0.25, 0.3) is 0 Å². The first-order valence-electron chi connectivity index (χ1n) is 8.31. The number of likely N-dealkylation sites (N-methyl/N-ethyl adjacent to an activating group) is 1. The Labute approximate surface area is 132 Å². The Morgan fingerprint density at radius 2 is 2.00 bits per heavy atom. The van der Waals surface area contributed by atoms with Crippen molar-refractivity contribution in [2.75, 3.05) is 13.6 Å². The molecule has 2 rings (SSSR count). The molecule has 0 radical (unpaired) electrons. The van der Waals surface area contributed by atoms with Gasteiger partial charge in [0.15, 0.2) is 0 Å². The van der Waals surface area contributed by atoms with Gasteiger partial charge in [-0.25, -0.2) is 0 Å². The van der Waals surface area contributed by atoms with Gasteiger partial charge < -0.3 is 0 Å². The third kappa shape index (κ3) is 4.82. The Balaban J connectivity index is 1.90. The fourth-order valence-electron chi connectivity index (χ4n) is 3.54. The number of allylic oxidation sites excluding steroid dienone is 1. The van der Waals surface area contributed by atoms with E-state index < -0.39 is 8.07 Å². The third-order valence-electron chi connectivity index (χ3n) is 4.47. The van der Waals surface area contributed by atoms with Crippen LogP contribution in [0.4, 0.5) is 0 Å². The molecule has 0 aliphatic carbocycles. The van der Waals surface area contributed by atoms with Crippen molar-refractivity contribution in [1.29, 1.82) is 0 Å². The van der Waals surface area contributed by atoms with Gasteiger partial charge in [-0.15, -0.1) is 6.58 Å². The van der Waals surface area contributed by atoms with Crippen molar-refractivity contribution in [2.45, 2.75) is 57.4 Å². The minimum atomic E-state index is -0.991.